The first-order chi connectivity index (χ1) is 7.81. The smallest absolute Gasteiger partial charge is 0.164 e. The van der Waals surface area contributed by atoms with Crippen molar-refractivity contribution in [2.45, 2.75) is 19.3 Å². The molecule has 0 radical (unpaired) electrons. The van der Waals surface area contributed by atoms with E-state index in [1.165, 1.54) is 0 Å². The van der Waals surface area contributed by atoms with Gasteiger partial charge < -0.3 is 20.3 Å². The van der Waals surface area contributed by atoms with Gasteiger partial charge in [-0.05, 0) is 31.0 Å². The summed E-state index contributed by atoms with van der Waals surface area (Å²) in [6.07, 6.45) is 2.49. The molecule has 0 amide bonds. The minimum atomic E-state index is 0.262. The number of benzene rings is 1. The van der Waals surface area contributed by atoms with Crippen LogP contribution in [0.5, 0.6) is 17.2 Å². The Bertz CT molecular complexity index is 366. The summed E-state index contributed by atoms with van der Waals surface area (Å²) in [4.78, 5) is 0. The number of hydrogen-bond acceptors (Lipinski definition) is 4. The molecule has 0 unspecified atom stereocenters. The van der Waals surface area contributed by atoms with Gasteiger partial charge in [-0.25, -0.2) is 0 Å². The summed E-state index contributed by atoms with van der Waals surface area (Å²) < 4.78 is 11.0. The van der Waals surface area contributed by atoms with Crippen LogP contribution in [0.15, 0.2) is 12.1 Å². The third-order valence-corrected chi connectivity index (χ3v) is 2.60. The summed E-state index contributed by atoms with van der Waals surface area (Å²) in [5.41, 5.74) is 6.32. The molecule has 2 rings (SSSR count). The van der Waals surface area contributed by atoms with E-state index < -0.39 is 0 Å². The van der Waals surface area contributed by atoms with E-state index in [0.717, 1.165) is 30.6 Å². The molecular weight excluding hydrogens is 206 g/mol. The molecule has 1 aromatic carbocycles. The number of aryl methyl sites for hydroxylation is 1. The quantitative estimate of drug-likeness (QED) is 0.814. The third kappa shape index (κ3) is 2.39. The number of ether oxygens (including phenoxy) is 2. The number of phenolic OH excluding ortho intramolecular Hbond substituents is 1. The fourth-order valence-electron chi connectivity index (χ4n) is 1.73. The van der Waals surface area contributed by atoms with E-state index in [-0.39, 0.29) is 5.75 Å². The molecule has 0 bridgehead atoms. The third-order valence-electron chi connectivity index (χ3n) is 2.60. The molecule has 0 aromatic heterocycles. The van der Waals surface area contributed by atoms with Crippen LogP contribution in [0.2, 0.25) is 0 Å². The maximum absolute atomic E-state index is 9.81. The van der Waals surface area contributed by atoms with E-state index in [9.17, 15) is 5.11 Å². The molecule has 1 aliphatic rings. The van der Waals surface area contributed by atoms with Crippen LogP contribution >= 0.6 is 0 Å². The van der Waals surface area contributed by atoms with Gasteiger partial charge in [-0.2, -0.15) is 0 Å². The first-order valence-corrected chi connectivity index (χ1v) is 5.63. The van der Waals surface area contributed by atoms with Crippen LogP contribution in [-0.2, 0) is 6.42 Å². The van der Waals surface area contributed by atoms with Crippen molar-refractivity contribution in [2.24, 2.45) is 5.73 Å². The zero-order chi connectivity index (χ0) is 11.4. The zero-order valence-corrected chi connectivity index (χ0v) is 9.24. The lowest BCUT2D eigenvalue weighted by Gasteiger charge is -2.11. The van der Waals surface area contributed by atoms with E-state index in [0.29, 0.717) is 25.5 Å². The van der Waals surface area contributed by atoms with E-state index in [4.69, 9.17) is 15.2 Å². The standard InChI is InChI=1S/C12H17NO3/c13-4-1-3-9-7-11-12(8-10(9)14)16-6-2-5-15-11/h7-8,14H,1-6,13H2. The van der Waals surface area contributed by atoms with E-state index in [2.05, 4.69) is 0 Å². The van der Waals surface area contributed by atoms with Crippen molar-refractivity contribution in [1.82, 2.24) is 0 Å². The topological polar surface area (TPSA) is 64.7 Å². The molecule has 1 heterocycles. The highest BCUT2D eigenvalue weighted by molar-refractivity contribution is 5.50. The largest absolute Gasteiger partial charge is 0.508 e. The monoisotopic (exact) mass is 223 g/mol. The first kappa shape index (κ1) is 11.1. The molecule has 88 valence electrons. The van der Waals surface area contributed by atoms with Crippen LogP contribution in [0.3, 0.4) is 0 Å². The second kappa shape index (κ2) is 5.07. The molecule has 0 atom stereocenters. The SMILES string of the molecule is NCCCc1cc2c(cc1O)OCCCO2. The van der Waals surface area contributed by atoms with Gasteiger partial charge in [0.2, 0.25) is 0 Å². The van der Waals surface area contributed by atoms with Crippen molar-refractivity contribution in [3.8, 4) is 17.2 Å². The maximum atomic E-state index is 9.81. The Hall–Kier alpha value is -1.42. The maximum Gasteiger partial charge on any atom is 0.164 e. The number of hydrogen-bond donors (Lipinski definition) is 2. The highest BCUT2D eigenvalue weighted by atomic mass is 16.5. The number of nitrogens with two attached hydrogens (primary N) is 1. The van der Waals surface area contributed by atoms with Gasteiger partial charge in [0, 0.05) is 12.5 Å². The lowest BCUT2D eigenvalue weighted by Crippen LogP contribution is -2.01. The molecule has 0 fully saturated rings. The molecule has 0 saturated carbocycles. The normalized spacial score (nSPS) is 14.6. The van der Waals surface area contributed by atoms with Gasteiger partial charge in [0.15, 0.2) is 11.5 Å². The summed E-state index contributed by atoms with van der Waals surface area (Å²) in [6.45, 7) is 1.91. The van der Waals surface area contributed by atoms with Crippen molar-refractivity contribution < 1.29 is 14.6 Å². The minimum absolute atomic E-state index is 0.262. The van der Waals surface area contributed by atoms with Gasteiger partial charge >= 0.3 is 0 Å². The highest BCUT2D eigenvalue weighted by Gasteiger charge is 2.14. The van der Waals surface area contributed by atoms with Crippen LogP contribution in [-0.4, -0.2) is 24.9 Å². The summed E-state index contributed by atoms with van der Waals surface area (Å²) in [7, 11) is 0. The predicted molar refractivity (Wildman–Crippen MR) is 61.1 cm³/mol. The van der Waals surface area contributed by atoms with Crippen LogP contribution in [0.4, 0.5) is 0 Å². The summed E-state index contributed by atoms with van der Waals surface area (Å²) in [5.74, 6) is 1.62. The Kier molecular flexibility index (Phi) is 3.51. The molecule has 4 nitrogen and oxygen atoms in total. The number of aromatic hydroxyl groups is 1. The van der Waals surface area contributed by atoms with Crippen molar-refractivity contribution in [3.63, 3.8) is 0 Å². The molecule has 0 saturated heterocycles. The molecule has 16 heavy (non-hydrogen) atoms. The molecule has 1 aliphatic heterocycles. The van der Waals surface area contributed by atoms with E-state index in [1.54, 1.807) is 6.07 Å². The Balaban J connectivity index is 2.24. The van der Waals surface area contributed by atoms with Crippen molar-refractivity contribution in [1.29, 1.82) is 0 Å². The molecule has 3 N–H and O–H groups in total. The van der Waals surface area contributed by atoms with Crippen molar-refractivity contribution >= 4 is 0 Å². The Morgan fingerprint density at radius 3 is 2.56 bits per heavy atom. The van der Waals surface area contributed by atoms with E-state index in [1.807, 2.05) is 6.07 Å². The van der Waals surface area contributed by atoms with Crippen molar-refractivity contribution in [2.75, 3.05) is 19.8 Å². The number of fused-ring (bicyclic) bond motifs is 1. The minimum Gasteiger partial charge on any atom is -0.508 e. The fraction of sp³-hybridized carbons (Fsp3) is 0.500. The molecule has 4 heteroatoms. The lowest BCUT2D eigenvalue weighted by atomic mass is 10.1. The Labute approximate surface area is 95.0 Å². The van der Waals surface area contributed by atoms with E-state index >= 15 is 0 Å². The van der Waals surface area contributed by atoms with Gasteiger partial charge in [-0.3, -0.25) is 0 Å². The number of rotatable bonds is 3. The van der Waals surface area contributed by atoms with Crippen LogP contribution in [0, 0.1) is 0 Å². The second-order valence-corrected chi connectivity index (χ2v) is 3.87. The zero-order valence-electron chi connectivity index (χ0n) is 9.24. The average Bonchev–Trinajstić information content (AvgIpc) is 2.50. The van der Waals surface area contributed by atoms with Gasteiger partial charge in [0.25, 0.3) is 0 Å². The second-order valence-electron chi connectivity index (χ2n) is 3.87. The fourth-order valence-corrected chi connectivity index (χ4v) is 1.73. The summed E-state index contributed by atoms with van der Waals surface area (Å²) in [6, 6.07) is 3.48. The summed E-state index contributed by atoms with van der Waals surface area (Å²) >= 11 is 0. The molecular formula is C12H17NO3. The molecule has 1 aromatic rings. The average molecular weight is 223 g/mol. The highest BCUT2D eigenvalue weighted by Crippen LogP contribution is 2.36. The van der Waals surface area contributed by atoms with Crippen LogP contribution < -0.4 is 15.2 Å². The predicted octanol–water partition coefficient (Wildman–Crippen LogP) is 1.44. The summed E-state index contributed by atoms with van der Waals surface area (Å²) in [5, 5.41) is 9.81. The lowest BCUT2D eigenvalue weighted by molar-refractivity contribution is 0.296. The van der Waals surface area contributed by atoms with Crippen molar-refractivity contribution in [3.05, 3.63) is 17.7 Å². The molecule has 0 aliphatic carbocycles. The Morgan fingerprint density at radius 1 is 1.19 bits per heavy atom. The Morgan fingerprint density at radius 2 is 1.88 bits per heavy atom. The van der Waals surface area contributed by atoms with Gasteiger partial charge in [-0.15, -0.1) is 0 Å². The van der Waals surface area contributed by atoms with Gasteiger partial charge in [0.1, 0.15) is 5.75 Å². The van der Waals surface area contributed by atoms with Gasteiger partial charge in [-0.1, -0.05) is 0 Å². The van der Waals surface area contributed by atoms with Crippen LogP contribution in [0.25, 0.3) is 0 Å². The number of phenols is 1. The van der Waals surface area contributed by atoms with Gasteiger partial charge in [0.05, 0.1) is 13.2 Å². The first-order valence-electron chi connectivity index (χ1n) is 5.63. The molecule has 0 spiro atoms. The van der Waals surface area contributed by atoms with Crippen LogP contribution in [0.1, 0.15) is 18.4 Å².